The van der Waals surface area contributed by atoms with E-state index in [0.29, 0.717) is 17.8 Å². The summed E-state index contributed by atoms with van der Waals surface area (Å²) in [6.45, 7) is 2.97. The SMILES string of the molecule is CC(O)c1ccc(N2CCCC3C(=O)NCC32)c(F)c1. The summed E-state index contributed by atoms with van der Waals surface area (Å²) in [6, 6.07) is 4.89. The molecular weight excluding hydrogens is 259 g/mol. The molecule has 1 aromatic carbocycles. The van der Waals surface area contributed by atoms with Crippen molar-refractivity contribution in [3.8, 4) is 0 Å². The van der Waals surface area contributed by atoms with Crippen LogP contribution in [0.4, 0.5) is 10.1 Å². The zero-order valence-electron chi connectivity index (χ0n) is 11.5. The van der Waals surface area contributed by atoms with Crippen LogP contribution in [0.25, 0.3) is 0 Å². The molecule has 2 aliphatic rings. The maximum atomic E-state index is 14.3. The van der Waals surface area contributed by atoms with Crippen molar-refractivity contribution in [2.24, 2.45) is 5.92 Å². The van der Waals surface area contributed by atoms with Crippen molar-refractivity contribution in [2.45, 2.75) is 31.9 Å². The Bertz CT molecular complexity index is 533. The molecular formula is C15H19FN2O2. The molecule has 0 aliphatic carbocycles. The second kappa shape index (κ2) is 5.05. The first-order chi connectivity index (χ1) is 9.58. The number of rotatable bonds is 2. The first-order valence-corrected chi connectivity index (χ1v) is 7.10. The van der Waals surface area contributed by atoms with Gasteiger partial charge in [-0.1, -0.05) is 6.07 Å². The number of hydrogen-bond donors (Lipinski definition) is 2. The molecule has 20 heavy (non-hydrogen) atoms. The summed E-state index contributed by atoms with van der Waals surface area (Å²) in [7, 11) is 0. The molecule has 3 unspecified atom stereocenters. The lowest BCUT2D eigenvalue weighted by Gasteiger charge is -2.38. The highest BCUT2D eigenvalue weighted by atomic mass is 19.1. The number of piperidine rings is 1. The number of carbonyl (C=O) groups excluding carboxylic acids is 1. The maximum absolute atomic E-state index is 14.3. The zero-order chi connectivity index (χ0) is 14.3. The second-order valence-corrected chi connectivity index (χ2v) is 5.64. The molecule has 4 nitrogen and oxygen atoms in total. The first-order valence-electron chi connectivity index (χ1n) is 7.10. The number of halogens is 1. The highest BCUT2D eigenvalue weighted by Gasteiger charge is 2.41. The molecule has 3 rings (SSSR count). The average molecular weight is 278 g/mol. The van der Waals surface area contributed by atoms with Crippen molar-refractivity contribution in [3.63, 3.8) is 0 Å². The number of anilines is 1. The minimum atomic E-state index is -0.678. The third-order valence-corrected chi connectivity index (χ3v) is 4.36. The number of hydrogen-bond acceptors (Lipinski definition) is 3. The molecule has 0 spiro atoms. The topological polar surface area (TPSA) is 52.6 Å². The standard InChI is InChI=1S/C15H19FN2O2/c1-9(19)10-4-5-13(12(16)7-10)18-6-2-3-11-14(18)8-17-15(11)20/h4-5,7,9,11,14,19H,2-3,6,8H2,1H3,(H,17,20). The number of aliphatic hydroxyl groups is 1. The largest absolute Gasteiger partial charge is 0.389 e. The highest BCUT2D eigenvalue weighted by Crippen LogP contribution is 2.33. The third-order valence-electron chi connectivity index (χ3n) is 4.36. The Morgan fingerprint density at radius 2 is 2.30 bits per heavy atom. The average Bonchev–Trinajstić information content (AvgIpc) is 2.81. The van der Waals surface area contributed by atoms with E-state index in [-0.39, 0.29) is 23.7 Å². The van der Waals surface area contributed by atoms with Gasteiger partial charge >= 0.3 is 0 Å². The van der Waals surface area contributed by atoms with E-state index in [4.69, 9.17) is 0 Å². The van der Waals surface area contributed by atoms with Crippen molar-refractivity contribution >= 4 is 11.6 Å². The summed E-state index contributed by atoms with van der Waals surface area (Å²) in [5.74, 6) is -0.274. The van der Waals surface area contributed by atoms with Crippen molar-refractivity contribution < 1.29 is 14.3 Å². The van der Waals surface area contributed by atoms with Gasteiger partial charge < -0.3 is 15.3 Å². The van der Waals surface area contributed by atoms with E-state index in [1.165, 1.54) is 6.07 Å². The molecule has 0 bridgehead atoms. The van der Waals surface area contributed by atoms with Gasteiger partial charge in [-0.15, -0.1) is 0 Å². The number of fused-ring (bicyclic) bond motifs is 1. The van der Waals surface area contributed by atoms with Crippen molar-refractivity contribution in [3.05, 3.63) is 29.6 Å². The molecule has 0 saturated carbocycles. The predicted octanol–water partition coefficient (Wildman–Crippen LogP) is 1.59. The summed E-state index contributed by atoms with van der Waals surface area (Å²) in [4.78, 5) is 13.7. The first kappa shape index (κ1) is 13.4. The normalized spacial score (nSPS) is 27.1. The van der Waals surface area contributed by atoms with E-state index in [0.717, 1.165) is 19.4 Å². The van der Waals surface area contributed by atoms with Gasteiger partial charge in [-0.05, 0) is 37.5 Å². The summed E-state index contributed by atoms with van der Waals surface area (Å²) in [5, 5.41) is 12.4. The van der Waals surface area contributed by atoms with E-state index in [9.17, 15) is 14.3 Å². The van der Waals surface area contributed by atoms with E-state index in [1.54, 1.807) is 19.1 Å². The molecule has 0 radical (unpaired) electrons. The van der Waals surface area contributed by atoms with Gasteiger partial charge in [0.2, 0.25) is 5.91 Å². The summed E-state index contributed by atoms with van der Waals surface area (Å²) in [6.07, 6.45) is 1.09. The summed E-state index contributed by atoms with van der Waals surface area (Å²) >= 11 is 0. The fourth-order valence-corrected chi connectivity index (χ4v) is 3.27. The predicted molar refractivity (Wildman–Crippen MR) is 73.9 cm³/mol. The molecule has 1 aromatic rings. The number of nitrogens with zero attached hydrogens (tertiary/aromatic N) is 1. The molecule has 108 valence electrons. The molecule has 2 aliphatic heterocycles. The van der Waals surface area contributed by atoms with Crippen LogP contribution in [-0.4, -0.2) is 30.1 Å². The number of nitrogens with one attached hydrogen (secondary N) is 1. The van der Waals surface area contributed by atoms with Crippen LogP contribution in [0.3, 0.4) is 0 Å². The number of aliphatic hydroxyl groups excluding tert-OH is 1. The van der Waals surface area contributed by atoms with Crippen LogP contribution in [0, 0.1) is 11.7 Å². The fourth-order valence-electron chi connectivity index (χ4n) is 3.27. The van der Waals surface area contributed by atoms with Gasteiger partial charge in [0.15, 0.2) is 0 Å². The third kappa shape index (κ3) is 2.16. The molecule has 2 N–H and O–H groups in total. The Kier molecular flexibility index (Phi) is 3.38. The van der Waals surface area contributed by atoms with E-state index < -0.39 is 6.10 Å². The van der Waals surface area contributed by atoms with Crippen LogP contribution < -0.4 is 10.2 Å². The monoisotopic (exact) mass is 278 g/mol. The summed E-state index contributed by atoms with van der Waals surface area (Å²) in [5.41, 5.74) is 1.10. The number of carbonyl (C=O) groups is 1. The second-order valence-electron chi connectivity index (χ2n) is 5.64. The smallest absolute Gasteiger partial charge is 0.225 e. The lowest BCUT2D eigenvalue weighted by molar-refractivity contribution is -0.123. The van der Waals surface area contributed by atoms with E-state index in [2.05, 4.69) is 5.32 Å². The van der Waals surface area contributed by atoms with E-state index in [1.807, 2.05) is 4.90 Å². The quantitative estimate of drug-likeness (QED) is 0.864. The zero-order valence-corrected chi connectivity index (χ0v) is 11.5. The van der Waals surface area contributed by atoms with Crippen LogP contribution in [-0.2, 0) is 4.79 Å². The molecule has 0 aromatic heterocycles. The van der Waals surface area contributed by atoms with Crippen LogP contribution in [0.5, 0.6) is 0 Å². The minimum Gasteiger partial charge on any atom is -0.389 e. The van der Waals surface area contributed by atoms with Crippen LogP contribution in [0.2, 0.25) is 0 Å². The van der Waals surface area contributed by atoms with Gasteiger partial charge in [0, 0.05) is 13.1 Å². The number of amides is 1. The van der Waals surface area contributed by atoms with Crippen LogP contribution in [0.15, 0.2) is 18.2 Å². The van der Waals surface area contributed by atoms with Crippen LogP contribution in [0.1, 0.15) is 31.4 Å². The van der Waals surface area contributed by atoms with Gasteiger partial charge in [0.05, 0.1) is 23.8 Å². The highest BCUT2D eigenvalue weighted by molar-refractivity contribution is 5.83. The fraction of sp³-hybridized carbons (Fsp3) is 0.533. The number of benzene rings is 1. The minimum absolute atomic E-state index is 0.0282. The van der Waals surface area contributed by atoms with Gasteiger partial charge in [0.1, 0.15) is 5.82 Å². The van der Waals surface area contributed by atoms with Crippen LogP contribution >= 0.6 is 0 Å². The Morgan fingerprint density at radius 1 is 1.50 bits per heavy atom. The van der Waals surface area contributed by atoms with Gasteiger partial charge in [0.25, 0.3) is 0 Å². The van der Waals surface area contributed by atoms with Crippen molar-refractivity contribution in [1.82, 2.24) is 5.32 Å². The van der Waals surface area contributed by atoms with Gasteiger partial charge in [-0.2, -0.15) is 0 Å². The Balaban J connectivity index is 1.90. The molecule has 2 saturated heterocycles. The molecule has 5 heteroatoms. The Hall–Kier alpha value is -1.62. The van der Waals surface area contributed by atoms with E-state index >= 15 is 0 Å². The van der Waals surface area contributed by atoms with Gasteiger partial charge in [-0.3, -0.25) is 4.79 Å². The van der Waals surface area contributed by atoms with Gasteiger partial charge in [-0.25, -0.2) is 4.39 Å². The summed E-state index contributed by atoms with van der Waals surface area (Å²) < 4.78 is 14.3. The lowest BCUT2D eigenvalue weighted by atomic mass is 9.91. The molecule has 2 fully saturated rings. The molecule has 2 heterocycles. The molecule has 3 atom stereocenters. The van der Waals surface area contributed by atoms with Crippen molar-refractivity contribution in [1.29, 1.82) is 0 Å². The lowest BCUT2D eigenvalue weighted by Crippen LogP contribution is -2.46. The maximum Gasteiger partial charge on any atom is 0.225 e. The molecule has 1 amide bonds. The van der Waals surface area contributed by atoms with Crippen molar-refractivity contribution in [2.75, 3.05) is 18.0 Å². The Morgan fingerprint density at radius 3 is 3.00 bits per heavy atom. The Labute approximate surface area is 117 Å².